The molecule has 0 aliphatic heterocycles. The first-order chi connectivity index (χ1) is 15.7. The first kappa shape index (κ1) is 22.9. The highest BCUT2D eigenvalue weighted by atomic mass is 35.5. The number of aromatic amines is 1. The number of rotatable bonds is 7. The molecule has 1 atom stereocenters. The summed E-state index contributed by atoms with van der Waals surface area (Å²) >= 11 is 6.07. The van der Waals surface area contributed by atoms with Crippen LogP contribution in [-0.4, -0.2) is 31.6 Å². The number of H-pyrrole nitrogens is 1. The lowest BCUT2D eigenvalue weighted by Crippen LogP contribution is -2.18. The first-order valence-electron chi connectivity index (χ1n) is 10.1. The van der Waals surface area contributed by atoms with Crippen LogP contribution >= 0.6 is 11.6 Å². The number of nitrogens with zero attached hydrogens (tertiary/aromatic N) is 1. The third kappa shape index (κ3) is 4.62. The van der Waals surface area contributed by atoms with E-state index in [0.29, 0.717) is 28.0 Å². The topological polar surface area (TPSA) is 74.8 Å². The van der Waals surface area contributed by atoms with Crippen LogP contribution in [0.5, 0.6) is 0 Å². The maximum atomic E-state index is 15.2. The molecule has 0 radical (unpaired) electrons. The van der Waals surface area contributed by atoms with E-state index in [1.54, 1.807) is 30.5 Å². The number of fused-ring (bicyclic) bond motifs is 1. The second kappa shape index (κ2) is 8.96. The van der Waals surface area contributed by atoms with Crippen molar-refractivity contribution in [3.63, 3.8) is 0 Å². The zero-order chi connectivity index (χ0) is 23.8. The normalized spacial score (nSPS) is 13.1. The van der Waals surface area contributed by atoms with Crippen molar-refractivity contribution in [2.24, 2.45) is 0 Å². The minimum Gasteiger partial charge on any atom is -0.345 e. The molecule has 0 saturated heterocycles. The van der Waals surface area contributed by atoms with Gasteiger partial charge in [-0.25, -0.2) is 18.0 Å². The molecule has 0 spiro atoms. The van der Waals surface area contributed by atoms with Crippen molar-refractivity contribution in [2.75, 3.05) is 10.5 Å². The summed E-state index contributed by atoms with van der Waals surface area (Å²) in [4.78, 5) is 20.4. The third-order valence-electron chi connectivity index (χ3n) is 5.08. The summed E-state index contributed by atoms with van der Waals surface area (Å²) in [5, 5.41) is 0.943. The Balaban J connectivity index is 1.79. The smallest absolute Gasteiger partial charge is 0.201 e. The van der Waals surface area contributed by atoms with Crippen molar-refractivity contribution < 1.29 is 17.8 Å². The molecule has 2 heterocycles. The van der Waals surface area contributed by atoms with Crippen molar-refractivity contribution in [3.8, 4) is 11.1 Å². The molecule has 0 aliphatic carbocycles. The van der Waals surface area contributed by atoms with Crippen molar-refractivity contribution >= 4 is 49.7 Å². The van der Waals surface area contributed by atoms with E-state index in [1.165, 1.54) is 6.20 Å². The molecule has 4 aromatic rings. The molecule has 4 rings (SSSR count). The maximum Gasteiger partial charge on any atom is 0.201 e. The van der Waals surface area contributed by atoms with Crippen molar-refractivity contribution in [2.45, 2.75) is 13.3 Å². The van der Waals surface area contributed by atoms with Crippen molar-refractivity contribution in [1.82, 2.24) is 9.97 Å². The number of nitrogens with one attached hydrogen (secondary N) is 2. The highest BCUT2D eigenvalue weighted by Crippen LogP contribution is 2.30. The van der Waals surface area contributed by atoms with Crippen LogP contribution in [0.1, 0.15) is 29.3 Å². The number of carbonyl (C=O) groups excluding carboxylic acids is 1. The van der Waals surface area contributed by atoms with Crippen molar-refractivity contribution in [3.05, 3.63) is 82.6 Å². The standard InChI is InChI=1S/C24H20ClF2N3O2S/c1-3-9-33(2,32)30-20-8-7-19(26)21(22(20)27)23(31)18-13-29-24-17(18)11-15(12-28-24)14-5-4-6-16(25)10-14/h4-8,10-13H,2-3,9H2,1H3,(H,28,29)(H,30,32). The second-order valence-electron chi connectivity index (χ2n) is 7.56. The summed E-state index contributed by atoms with van der Waals surface area (Å²) in [6.45, 7) is 1.81. The van der Waals surface area contributed by atoms with Gasteiger partial charge in [0.1, 0.15) is 11.5 Å². The second-order valence-corrected chi connectivity index (χ2v) is 10.2. The molecule has 2 aromatic carbocycles. The summed E-state index contributed by atoms with van der Waals surface area (Å²) in [6.07, 6.45) is 3.53. The van der Waals surface area contributed by atoms with Crippen LogP contribution in [0.2, 0.25) is 5.02 Å². The Morgan fingerprint density at radius 1 is 1.21 bits per heavy atom. The number of pyridine rings is 1. The van der Waals surface area contributed by atoms with Gasteiger partial charge in [0.05, 0.1) is 11.3 Å². The number of aromatic nitrogens is 2. The molecule has 1 unspecified atom stereocenters. The largest absolute Gasteiger partial charge is 0.345 e. The fourth-order valence-corrected chi connectivity index (χ4v) is 5.08. The van der Waals surface area contributed by atoms with Crippen LogP contribution < -0.4 is 4.72 Å². The van der Waals surface area contributed by atoms with Gasteiger partial charge < -0.3 is 9.71 Å². The van der Waals surface area contributed by atoms with Crippen LogP contribution in [0.4, 0.5) is 14.5 Å². The molecule has 0 fully saturated rings. The van der Waals surface area contributed by atoms with Crippen LogP contribution in [-0.2, 0) is 9.71 Å². The van der Waals surface area contributed by atoms with E-state index >= 15 is 4.39 Å². The molecule has 9 heteroatoms. The van der Waals surface area contributed by atoms with Crippen LogP contribution in [0, 0.1) is 11.6 Å². The number of hydrogen-bond acceptors (Lipinski definition) is 3. The van der Waals surface area contributed by atoms with Gasteiger partial charge in [-0.2, -0.15) is 0 Å². The van der Waals surface area contributed by atoms with Gasteiger partial charge in [-0.3, -0.25) is 4.79 Å². The van der Waals surface area contributed by atoms with Gasteiger partial charge in [0.25, 0.3) is 0 Å². The van der Waals surface area contributed by atoms with E-state index in [-0.39, 0.29) is 17.0 Å². The molecular weight excluding hydrogens is 468 g/mol. The average molecular weight is 488 g/mol. The lowest BCUT2D eigenvalue weighted by Gasteiger charge is -2.14. The van der Waals surface area contributed by atoms with Gasteiger partial charge in [-0.05, 0) is 48.2 Å². The molecule has 2 N–H and O–H groups in total. The summed E-state index contributed by atoms with van der Waals surface area (Å²) in [7, 11) is -2.84. The van der Waals surface area contributed by atoms with E-state index in [1.807, 2.05) is 13.0 Å². The van der Waals surface area contributed by atoms with Gasteiger partial charge >= 0.3 is 0 Å². The average Bonchev–Trinajstić information content (AvgIpc) is 3.19. The fourth-order valence-electron chi connectivity index (χ4n) is 3.57. The molecule has 0 aliphatic rings. The number of benzene rings is 2. The van der Waals surface area contributed by atoms with Crippen LogP contribution in [0.25, 0.3) is 22.2 Å². The van der Waals surface area contributed by atoms with Gasteiger partial charge in [0.15, 0.2) is 5.82 Å². The number of halogens is 3. The maximum absolute atomic E-state index is 15.2. The number of carbonyl (C=O) groups is 1. The molecule has 33 heavy (non-hydrogen) atoms. The highest BCUT2D eigenvalue weighted by molar-refractivity contribution is 8.01. The van der Waals surface area contributed by atoms with E-state index in [2.05, 4.69) is 20.6 Å². The van der Waals surface area contributed by atoms with E-state index in [0.717, 1.165) is 17.7 Å². The predicted octanol–water partition coefficient (Wildman–Crippen LogP) is 5.85. The Bertz CT molecular complexity index is 1480. The molecule has 170 valence electrons. The summed E-state index contributed by atoms with van der Waals surface area (Å²) in [5.41, 5.74) is 0.919. The number of anilines is 1. The fraction of sp³-hybridized carbons (Fsp3) is 0.125. The molecule has 0 amide bonds. The van der Waals surface area contributed by atoms with Gasteiger partial charge in [0, 0.05) is 49.4 Å². The Morgan fingerprint density at radius 2 is 2.00 bits per heavy atom. The lowest BCUT2D eigenvalue weighted by molar-refractivity contribution is 0.103. The van der Waals surface area contributed by atoms with Gasteiger partial charge in [0.2, 0.25) is 5.78 Å². The van der Waals surface area contributed by atoms with E-state index in [9.17, 15) is 13.4 Å². The molecule has 5 nitrogen and oxygen atoms in total. The quantitative estimate of drug-likeness (QED) is 0.254. The van der Waals surface area contributed by atoms with Crippen LogP contribution in [0.3, 0.4) is 0 Å². The zero-order valence-corrected chi connectivity index (χ0v) is 19.2. The Labute approximate surface area is 195 Å². The monoisotopic (exact) mass is 487 g/mol. The number of ketones is 1. The molecule has 0 saturated carbocycles. The number of hydrogen-bond donors (Lipinski definition) is 2. The minimum atomic E-state index is -2.84. The van der Waals surface area contributed by atoms with Gasteiger partial charge in [-0.15, -0.1) is 0 Å². The Morgan fingerprint density at radius 3 is 2.73 bits per heavy atom. The van der Waals surface area contributed by atoms with Gasteiger partial charge in [-0.1, -0.05) is 30.7 Å². The summed E-state index contributed by atoms with van der Waals surface area (Å²) in [5.74, 6) is 0.764. The van der Waals surface area contributed by atoms with E-state index < -0.39 is 32.7 Å². The predicted molar refractivity (Wildman–Crippen MR) is 130 cm³/mol. The van der Waals surface area contributed by atoms with Crippen LogP contribution in [0.15, 0.2) is 54.9 Å². The minimum absolute atomic E-state index is 0.0558. The SMILES string of the molecule is C=S(=O)(CCC)Nc1ccc(F)c(C(=O)c2c[nH]c3ncc(-c4cccc(Cl)c4)cc23)c1F. The zero-order valence-electron chi connectivity index (χ0n) is 17.6. The third-order valence-corrected chi connectivity index (χ3v) is 6.98. The first-order valence-corrected chi connectivity index (χ1v) is 12.4. The van der Waals surface area contributed by atoms with E-state index in [4.69, 9.17) is 11.6 Å². The Hall–Kier alpha value is -3.23. The summed E-state index contributed by atoms with van der Waals surface area (Å²) in [6, 6.07) is 10.9. The Kier molecular flexibility index (Phi) is 6.23. The lowest BCUT2D eigenvalue weighted by atomic mass is 10.00. The summed E-state index contributed by atoms with van der Waals surface area (Å²) < 4.78 is 44.8. The molecule has 0 bridgehead atoms. The van der Waals surface area contributed by atoms with Crippen molar-refractivity contribution in [1.29, 1.82) is 0 Å². The highest BCUT2D eigenvalue weighted by Gasteiger charge is 2.25. The molecular formula is C24H20ClF2N3O2S. The molecule has 2 aromatic heterocycles.